The Bertz CT molecular complexity index is 1490. The van der Waals surface area contributed by atoms with Crippen molar-refractivity contribution in [2.24, 2.45) is 0 Å². The first kappa shape index (κ1) is 19.3. The van der Waals surface area contributed by atoms with Gasteiger partial charge in [0.15, 0.2) is 5.13 Å². The Morgan fingerprint density at radius 1 is 1.10 bits per heavy atom. The van der Waals surface area contributed by atoms with Crippen molar-refractivity contribution in [3.8, 4) is 11.3 Å². The number of H-pyrrole nitrogens is 1. The molecule has 0 aliphatic rings. The number of nitrogens with one attached hydrogen (secondary N) is 2. The van der Waals surface area contributed by atoms with Gasteiger partial charge in [-0.1, -0.05) is 30.3 Å². The first-order valence-corrected chi connectivity index (χ1v) is 11.0. The van der Waals surface area contributed by atoms with Crippen molar-refractivity contribution in [3.63, 3.8) is 0 Å². The number of rotatable bonds is 5. The summed E-state index contributed by atoms with van der Waals surface area (Å²) in [5.41, 5.74) is 5.33. The van der Waals surface area contributed by atoms with E-state index in [-0.39, 0.29) is 18.1 Å². The third-order valence-electron chi connectivity index (χ3n) is 5.44. The molecule has 5 aromatic rings. The minimum absolute atomic E-state index is 0.0621. The minimum atomic E-state index is -0.280. The van der Waals surface area contributed by atoms with E-state index in [0.717, 1.165) is 38.9 Å². The molecule has 2 aromatic carbocycles. The number of hydrogen-bond acceptors (Lipinski definition) is 4. The third-order valence-corrected chi connectivity index (χ3v) is 6.20. The molecule has 2 N–H and O–H groups in total. The van der Waals surface area contributed by atoms with Gasteiger partial charge in [0.2, 0.25) is 5.91 Å². The topological polar surface area (TPSA) is 84.7 Å². The van der Waals surface area contributed by atoms with E-state index in [4.69, 9.17) is 0 Å². The molecule has 0 unspecified atom stereocenters. The van der Waals surface area contributed by atoms with E-state index in [1.54, 1.807) is 4.57 Å². The highest BCUT2D eigenvalue weighted by Gasteiger charge is 2.17. The Balaban J connectivity index is 1.41. The van der Waals surface area contributed by atoms with Crippen molar-refractivity contribution in [1.82, 2.24) is 19.1 Å². The van der Waals surface area contributed by atoms with Crippen LogP contribution in [0.15, 0.2) is 58.7 Å². The van der Waals surface area contributed by atoms with Crippen LogP contribution < -0.4 is 11.0 Å². The van der Waals surface area contributed by atoms with Crippen LogP contribution in [0.2, 0.25) is 0 Å². The third kappa shape index (κ3) is 3.25. The normalized spacial score (nSPS) is 11.4. The summed E-state index contributed by atoms with van der Waals surface area (Å²) in [7, 11) is 0. The maximum absolute atomic E-state index is 12.8. The van der Waals surface area contributed by atoms with Crippen molar-refractivity contribution in [1.29, 1.82) is 0 Å². The van der Waals surface area contributed by atoms with E-state index in [2.05, 4.69) is 21.4 Å². The molecular weight excluding hydrogens is 410 g/mol. The summed E-state index contributed by atoms with van der Waals surface area (Å²) >= 11 is 1.37. The molecule has 0 atom stereocenters. The number of hydrogen-bond donors (Lipinski definition) is 2. The number of carbonyl (C=O) groups excluding carboxylic acids is 1. The van der Waals surface area contributed by atoms with Crippen molar-refractivity contribution in [3.05, 3.63) is 70.1 Å². The van der Waals surface area contributed by atoms with E-state index in [1.807, 2.05) is 61.7 Å². The number of thiazole rings is 1. The molecule has 3 heterocycles. The largest absolute Gasteiger partial charge is 0.358 e. The van der Waals surface area contributed by atoms with Gasteiger partial charge in [0.05, 0.1) is 16.7 Å². The monoisotopic (exact) mass is 431 g/mol. The summed E-state index contributed by atoms with van der Waals surface area (Å²) in [6, 6.07) is 15.6. The van der Waals surface area contributed by atoms with Gasteiger partial charge < -0.3 is 10.3 Å². The smallest absolute Gasteiger partial charge is 0.329 e. The second kappa shape index (κ2) is 7.55. The number of imidazole rings is 1. The molecule has 1 amide bonds. The molecular formula is C23H21N5O2S. The molecule has 0 radical (unpaired) electrons. The number of fused-ring (bicyclic) bond motifs is 2. The molecule has 0 aliphatic carbocycles. The lowest BCUT2D eigenvalue weighted by Gasteiger charge is -2.03. The molecule has 3 aromatic heterocycles. The van der Waals surface area contributed by atoms with E-state index in [9.17, 15) is 9.59 Å². The van der Waals surface area contributed by atoms with Crippen LogP contribution in [0.4, 0.5) is 5.13 Å². The summed E-state index contributed by atoms with van der Waals surface area (Å²) in [6.07, 6.45) is 0. The average Bonchev–Trinajstić information content (AvgIpc) is 3.42. The highest BCUT2D eigenvalue weighted by molar-refractivity contribution is 7.14. The predicted octanol–water partition coefficient (Wildman–Crippen LogP) is 4.37. The van der Waals surface area contributed by atoms with E-state index < -0.39 is 0 Å². The van der Waals surface area contributed by atoms with Crippen LogP contribution in [0.5, 0.6) is 0 Å². The van der Waals surface area contributed by atoms with Crippen LogP contribution in [-0.2, 0) is 17.9 Å². The standard InChI is InChI=1S/C23H21N5O2S/c1-3-27-18-10-6-7-11-19(18)28(23(27)30)12-20(29)26-22-25-17(13-31-22)21-14(2)24-16-9-5-4-8-15(16)21/h4-11,13,24H,3,12H2,1-2H3,(H,25,26,29). The van der Waals surface area contributed by atoms with Gasteiger partial charge in [-0.15, -0.1) is 11.3 Å². The van der Waals surface area contributed by atoms with E-state index in [1.165, 1.54) is 15.9 Å². The fourth-order valence-electron chi connectivity index (χ4n) is 4.09. The molecule has 7 nitrogen and oxygen atoms in total. The fourth-order valence-corrected chi connectivity index (χ4v) is 4.80. The second-order valence-corrected chi connectivity index (χ2v) is 8.22. The van der Waals surface area contributed by atoms with Crippen molar-refractivity contribution in [2.75, 3.05) is 5.32 Å². The molecule has 156 valence electrons. The van der Waals surface area contributed by atoms with Gasteiger partial charge in [-0.2, -0.15) is 0 Å². The van der Waals surface area contributed by atoms with Gasteiger partial charge in [-0.05, 0) is 32.0 Å². The second-order valence-electron chi connectivity index (χ2n) is 7.36. The first-order chi connectivity index (χ1) is 15.1. The van der Waals surface area contributed by atoms with Gasteiger partial charge in [0.1, 0.15) is 6.54 Å². The van der Waals surface area contributed by atoms with Gasteiger partial charge in [-0.3, -0.25) is 13.9 Å². The number of benzene rings is 2. The quantitative estimate of drug-likeness (QED) is 0.433. The number of anilines is 1. The maximum Gasteiger partial charge on any atom is 0.329 e. The van der Waals surface area contributed by atoms with Crippen LogP contribution in [0.25, 0.3) is 33.2 Å². The Hall–Kier alpha value is -3.65. The van der Waals surface area contributed by atoms with Gasteiger partial charge in [0, 0.05) is 34.1 Å². The average molecular weight is 432 g/mol. The number of aromatic nitrogens is 4. The Morgan fingerprint density at radius 2 is 1.81 bits per heavy atom. The molecule has 0 saturated heterocycles. The number of aryl methyl sites for hydroxylation is 2. The summed E-state index contributed by atoms with van der Waals surface area (Å²) in [6.45, 7) is 4.42. The zero-order valence-electron chi connectivity index (χ0n) is 17.2. The van der Waals surface area contributed by atoms with Gasteiger partial charge >= 0.3 is 5.69 Å². The van der Waals surface area contributed by atoms with Crippen molar-refractivity contribution in [2.45, 2.75) is 26.9 Å². The van der Waals surface area contributed by atoms with Crippen LogP contribution in [0.1, 0.15) is 12.6 Å². The molecule has 0 bridgehead atoms. The lowest BCUT2D eigenvalue weighted by atomic mass is 10.1. The van der Waals surface area contributed by atoms with Crippen LogP contribution in [-0.4, -0.2) is 25.0 Å². The summed E-state index contributed by atoms with van der Waals surface area (Å²) in [5.74, 6) is -0.280. The fraction of sp³-hybridized carbons (Fsp3) is 0.174. The Morgan fingerprint density at radius 3 is 2.58 bits per heavy atom. The lowest BCUT2D eigenvalue weighted by molar-refractivity contribution is -0.116. The number of para-hydroxylation sites is 3. The molecule has 0 fully saturated rings. The zero-order chi connectivity index (χ0) is 21.5. The summed E-state index contributed by atoms with van der Waals surface area (Å²) < 4.78 is 3.18. The number of amides is 1. The lowest BCUT2D eigenvalue weighted by Crippen LogP contribution is -2.29. The van der Waals surface area contributed by atoms with Gasteiger partial charge in [-0.25, -0.2) is 9.78 Å². The number of nitrogens with zero attached hydrogens (tertiary/aromatic N) is 3. The Labute approximate surface area is 182 Å². The highest BCUT2D eigenvalue weighted by Crippen LogP contribution is 2.33. The summed E-state index contributed by atoms with van der Waals surface area (Å²) in [4.78, 5) is 33.5. The number of aromatic amines is 1. The van der Waals surface area contributed by atoms with E-state index in [0.29, 0.717) is 11.7 Å². The van der Waals surface area contributed by atoms with Crippen molar-refractivity contribution >= 4 is 44.3 Å². The predicted molar refractivity (Wildman–Crippen MR) is 125 cm³/mol. The molecule has 0 spiro atoms. The minimum Gasteiger partial charge on any atom is -0.358 e. The first-order valence-electron chi connectivity index (χ1n) is 10.1. The summed E-state index contributed by atoms with van der Waals surface area (Å²) in [5, 5.41) is 6.40. The SMILES string of the molecule is CCn1c(=O)n(CC(=O)Nc2nc(-c3c(C)[nH]c4ccccc34)cs2)c2ccccc21. The van der Waals surface area contributed by atoms with Crippen molar-refractivity contribution < 1.29 is 4.79 Å². The maximum atomic E-state index is 12.8. The molecule has 31 heavy (non-hydrogen) atoms. The Kier molecular flexibility index (Phi) is 4.71. The number of carbonyl (C=O) groups is 1. The van der Waals surface area contributed by atoms with E-state index >= 15 is 0 Å². The molecule has 5 rings (SSSR count). The van der Waals surface area contributed by atoms with Crippen LogP contribution >= 0.6 is 11.3 Å². The molecule has 0 aliphatic heterocycles. The molecule has 0 saturated carbocycles. The van der Waals surface area contributed by atoms with Gasteiger partial charge in [0.25, 0.3) is 0 Å². The molecule has 8 heteroatoms. The van der Waals surface area contributed by atoms with Crippen LogP contribution in [0, 0.1) is 6.92 Å². The highest BCUT2D eigenvalue weighted by atomic mass is 32.1. The van der Waals surface area contributed by atoms with Crippen LogP contribution in [0.3, 0.4) is 0 Å². The zero-order valence-corrected chi connectivity index (χ0v) is 18.0.